The van der Waals surface area contributed by atoms with E-state index in [1.54, 1.807) is 19.9 Å². The van der Waals surface area contributed by atoms with Gasteiger partial charge in [0.25, 0.3) is 0 Å². The summed E-state index contributed by atoms with van der Waals surface area (Å²) in [6, 6.07) is 0. The molecule has 1 aliphatic rings. The zero-order valence-electron chi connectivity index (χ0n) is 9.33. The minimum Gasteiger partial charge on any atom is -0.387 e. The van der Waals surface area contributed by atoms with Crippen LogP contribution in [-0.2, 0) is 14.6 Å². The van der Waals surface area contributed by atoms with Gasteiger partial charge >= 0.3 is 0 Å². The molecule has 0 aromatic carbocycles. The molecule has 0 atom stereocenters. The van der Waals surface area contributed by atoms with Crippen LogP contribution in [0.15, 0.2) is 11.8 Å². The Morgan fingerprint density at radius 1 is 1.40 bits per heavy atom. The van der Waals surface area contributed by atoms with Crippen LogP contribution in [0.3, 0.4) is 0 Å². The minimum atomic E-state index is -3.08. The molecule has 4 nitrogen and oxygen atoms in total. The number of carbonyl (C=O) groups is 1. The highest BCUT2D eigenvalue weighted by Gasteiger charge is 2.30. The summed E-state index contributed by atoms with van der Waals surface area (Å²) in [5.74, 6) is 0.106. The smallest absolute Gasteiger partial charge is 0.157 e. The van der Waals surface area contributed by atoms with Crippen LogP contribution in [-0.4, -0.2) is 31.7 Å². The van der Waals surface area contributed by atoms with Gasteiger partial charge < -0.3 is 5.32 Å². The minimum absolute atomic E-state index is 0.106. The average molecular weight is 231 g/mol. The number of allylic oxidation sites excluding steroid dienone is 2. The molecule has 0 radical (unpaired) electrons. The molecule has 0 aliphatic heterocycles. The van der Waals surface area contributed by atoms with Gasteiger partial charge in [-0.1, -0.05) is 0 Å². The zero-order valence-corrected chi connectivity index (χ0v) is 10.1. The lowest BCUT2D eigenvalue weighted by Crippen LogP contribution is -2.41. The van der Waals surface area contributed by atoms with Gasteiger partial charge in [-0.15, -0.1) is 0 Å². The van der Waals surface area contributed by atoms with Gasteiger partial charge in [-0.05, 0) is 20.3 Å². The van der Waals surface area contributed by atoms with Crippen LogP contribution in [0, 0.1) is 0 Å². The SMILES string of the molecule is CC(C)(CNC1=CC(=O)CC1)S(C)(=O)=O. The number of hydrogen-bond donors (Lipinski definition) is 1. The summed E-state index contributed by atoms with van der Waals surface area (Å²) in [6.07, 6.45) is 4.00. The fourth-order valence-electron chi connectivity index (χ4n) is 1.19. The van der Waals surface area contributed by atoms with Crippen LogP contribution >= 0.6 is 0 Å². The standard InChI is InChI=1S/C10H17NO3S/c1-10(2,15(3,13)14)7-11-8-4-5-9(12)6-8/h6,11H,4-5,7H2,1-3H3. The predicted octanol–water partition coefficient (Wildman–Crippen LogP) is 0.646. The Kier molecular flexibility index (Phi) is 3.23. The van der Waals surface area contributed by atoms with Crippen molar-refractivity contribution in [2.75, 3.05) is 12.8 Å². The number of hydrogen-bond acceptors (Lipinski definition) is 4. The Bertz CT molecular complexity index is 393. The second kappa shape index (κ2) is 3.96. The lowest BCUT2D eigenvalue weighted by molar-refractivity contribution is -0.114. The van der Waals surface area contributed by atoms with E-state index in [9.17, 15) is 13.2 Å². The zero-order chi connectivity index (χ0) is 11.7. The highest BCUT2D eigenvalue weighted by molar-refractivity contribution is 7.92. The summed E-state index contributed by atoms with van der Waals surface area (Å²) >= 11 is 0. The molecule has 0 aromatic heterocycles. The first-order chi connectivity index (χ1) is 6.72. The van der Waals surface area contributed by atoms with Gasteiger partial charge in [0.1, 0.15) is 0 Å². The topological polar surface area (TPSA) is 63.2 Å². The molecule has 86 valence electrons. The van der Waals surface area contributed by atoms with Gasteiger partial charge in [0.05, 0.1) is 4.75 Å². The van der Waals surface area contributed by atoms with E-state index in [0.29, 0.717) is 19.4 Å². The molecular weight excluding hydrogens is 214 g/mol. The summed E-state index contributed by atoms with van der Waals surface area (Å²) in [4.78, 5) is 10.9. The third-order valence-electron chi connectivity index (χ3n) is 2.72. The van der Waals surface area contributed by atoms with E-state index in [1.807, 2.05) is 0 Å². The van der Waals surface area contributed by atoms with Crippen LogP contribution in [0.4, 0.5) is 0 Å². The van der Waals surface area contributed by atoms with Crippen LogP contribution < -0.4 is 5.32 Å². The lowest BCUT2D eigenvalue weighted by Gasteiger charge is -2.23. The molecule has 0 spiro atoms. The molecule has 0 saturated carbocycles. The summed E-state index contributed by atoms with van der Waals surface area (Å²) in [5.41, 5.74) is 0.844. The maximum atomic E-state index is 11.4. The molecule has 0 aromatic rings. The quantitative estimate of drug-likeness (QED) is 0.771. The Morgan fingerprint density at radius 3 is 2.40 bits per heavy atom. The average Bonchev–Trinajstić information content (AvgIpc) is 2.46. The van der Waals surface area contributed by atoms with Crippen molar-refractivity contribution in [2.24, 2.45) is 0 Å². The van der Waals surface area contributed by atoms with E-state index in [0.717, 1.165) is 5.70 Å². The molecular formula is C10H17NO3S. The number of rotatable bonds is 4. The molecule has 0 saturated heterocycles. The number of ketones is 1. The summed E-state index contributed by atoms with van der Waals surface area (Å²) in [7, 11) is -3.08. The van der Waals surface area contributed by atoms with Crippen molar-refractivity contribution in [2.45, 2.75) is 31.4 Å². The second-order valence-corrected chi connectivity index (χ2v) is 7.17. The van der Waals surface area contributed by atoms with Crippen molar-refractivity contribution in [3.63, 3.8) is 0 Å². The fourth-order valence-corrected chi connectivity index (χ4v) is 1.53. The van der Waals surface area contributed by atoms with Crippen LogP contribution in [0.2, 0.25) is 0 Å². The second-order valence-electron chi connectivity index (χ2n) is 4.52. The Balaban J connectivity index is 2.58. The van der Waals surface area contributed by atoms with Crippen molar-refractivity contribution >= 4 is 15.6 Å². The first-order valence-corrected chi connectivity index (χ1v) is 6.78. The van der Waals surface area contributed by atoms with Gasteiger partial charge in [0, 0.05) is 31.0 Å². The van der Waals surface area contributed by atoms with Crippen molar-refractivity contribution in [1.29, 1.82) is 0 Å². The normalized spacial score (nSPS) is 17.8. The van der Waals surface area contributed by atoms with Crippen molar-refractivity contribution in [3.05, 3.63) is 11.8 Å². The molecule has 0 bridgehead atoms. The highest BCUT2D eigenvalue weighted by atomic mass is 32.2. The largest absolute Gasteiger partial charge is 0.387 e. The van der Waals surface area contributed by atoms with E-state index in [1.165, 1.54) is 6.26 Å². The molecule has 0 unspecified atom stereocenters. The molecule has 15 heavy (non-hydrogen) atoms. The number of nitrogens with one attached hydrogen (secondary N) is 1. The first-order valence-electron chi connectivity index (χ1n) is 4.89. The van der Waals surface area contributed by atoms with Crippen LogP contribution in [0.5, 0.6) is 0 Å². The predicted molar refractivity (Wildman–Crippen MR) is 59.2 cm³/mol. The van der Waals surface area contributed by atoms with Crippen molar-refractivity contribution in [3.8, 4) is 0 Å². The van der Waals surface area contributed by atoms with E-state index < -0.39 is 14.6 Å². The van der Waals surface area contributed by atoms with Crippen LogP contribution in [0.25, 0.3) is 0 Å². The highest BCUT2D eigenvalue weighted by Crippen LogP contribution is 2.17. The lowest BCUT2D eigenvalue weighted by atomic mass is 10.2. The Hall–Kier alpha value is -0.840. The van der Waals surface area contributed by atoms with E-state index in [-0.39, 0.29) is 5.78 Å². The monoisotopic (exact) mass is 231 g/mol. The van der Waals surface area contributed by atoms with Gasteiger partial charge in [-0.25, -0.2) is 8.42 Å². The molecule has 5 heteroatoms. The van der Waals surface area contributed by atoms with E-state index >= 15 is 0 Å². The van der Waals surface area contributed by atoms with Gasteiger partial charge in [-0.2, -0.15) is 0 Å². The molecule has 0 heterocycles. The van der Waals surface area contributed by atoms with E-state index in [4.69, 9.17) is 0 Å². The third-order valence-corrected chi connectivity index (χ3v) is 4.87. The summed E-state index contributed by atoms with van der Waals surface area (Å²) in [6.45, 7) is 3.68. The van der Waals surface area contributed by atoms with E-state index in [2.05, 4.69) is 5.32 Å². The molecule has 1 N–H and O–H groups in total. The van der Waals surface area contributed by atoms with Gasteiger partial charge in [-0.3, -0.25) is 4.79 Å². The van der Waals surface area contributed by atoms with Gasteiger partial charge in [0.15, 0.2) is 15.6 Å². The number of carbonyl (C=O) groups excluding carboxylic acids is 1. The Labute approximate surface area is 90.7 Å². The molecule has 1 aliphatic carbocycles. The van der Waals surface area contributed by atoms with Crippen molar-refractivity contribution < 1.29 is 13.2 Å². The van der Waals surface area contributed by atoms with Crippen LogP contribution in [0.1, 0.15) is 26.7 Å². The molecule has 0 amide bonds. The fraction of sp³-hybridized carbons (Fsp3) is 0.700. The third kappa shape index (κ3) is 3.06. The summed E-state index contributed by atoms with van der Waals surface area (Å²) in [5, 5.41) is 3.02. The number of sulfone groups is 1. The Morgan fingerprint density at radius 2 is 2.00 bits per heavy atom. The maximum Gasteiger partial charge on any atom is 0.157 e. The molecule has 0 fully saturated rings. The first kappa shape index (κ1) is 12.2. The van der Waals surface area contributed by atoms with Crippen molar-refractivity contribution in [1.82, 2.24) is 5.32 Å². The maximum absolute atomic E-state index is 11.4. The van der Waals surface area contributed by atoms with Gasteiger partial charge in [0.2, 0.25) is 0 Å². The molecule has 1 rings (SSSR count). The summed E-state index contributed by atoms with van der Waals surface area (Å²) < 4.78 is 22.0.